The monoisotopic (exact) mass is 447 g/mol. The quantitative estimate of drug-likeness (QED) is 0.439. The number of carbonyl (C=O) groups is 1. The van der Waals surface area contributed by atoms with Crippen molar-refractivity contribution in [3.05, 3.63) is 101 Å². The lowest BCUT2D eigenvalue weighted by molar-refractivity contribution is 0.0949. The zero-order chi connectivity index (χ0) is 22.6. The highest BCUT2D eigenvalue weighted by molar-refractivity contribution is 7.91. The highest BCUT2D eigenvalue weighted by Crippen LogP contribution is 2.15. The van der Waals surface area contributed by atoms with Crippen molar-refractivity contribution in [1.82, 2.24) is 15.1 Å². The Morgan fingerprint density at radius 1 is 0.844 bits per heavy atom. The van der Waals surface area contributed by atoms with Gasteiger partial charge in [0.05, 0.1) is 21.7 Å². The van der Waals surface area contributed by atoms with E-state index in [-0.39, 0.29) is 34.9 Å². The van der Waals surface area contributed by atoms with Gasteiger partial charge in [-0.2, -0.15) is 9.78 Å². The van der Waals surface area contributed by atoms with E-state index in [0.717, 1.165) is 0 Å². The predicted molar refractivity (Wildman–Crippen MR) is 123 cm³/mol. The van der Waals surface area contributed by atoms with Crippen molar-refractivity contribution >= 4 is 26.5 Å². The minimum absolute atomic E-state index is 0.0883. The van der Waals surface area contributed by atoms with Crippen LogP contribution in [0.3, 0.4) is 0 Å². The maximum Gasteiger partial charge on any atom is 0.279 e. The lowest BCUT2D eigenvalue weighted by atomic mass is 10.1. The molecule has 0 radical (unpaired) electrons. The number of aromatic nitrogens is 2. The molecule has 0 saturated carbocycles. The number of nitrogens with one attached hydrogen (secondary N) is 1. The number of para-hydroxylation sites is 1. The molecule has 162 valence electrons. The second-order valence-corrected chi connectivity index (χ2v) is 9.30. The van der Waals surface area contributed by atoms with Crippen LogP contribution in [0.2, 0.25) is 0 Å². The van der Waals surface area contributed by atoms with Gasteiger partial charge in [0.25, 0.3) is 11.5 Å². The maximum atomic E-state index is 12.9. The van der Waals surface area contributed by atoms with Crippen molar-refractivity contribution in [2.75, 3.05) is 12.3 Å². The second kappa shape index (κ2) is 9.15. The van der Waals surface area contributed by atoms with E-state index in [1.807, 2.05) is 6.07 Å². The molecule has 1 aromatic heterocycles. The number of amides is 1. The number of nitrogens with zero attached hydrogens (tertiary/aromatic N) is 2. The number of sulfone groups is 1. The van der Waals surface area contributed by atoms with Gasteiger partial charge in [0.15, 0.2) is 15.5 Å². The smallest absolute Gasteiger partial charge is 0.279 e. The van der Waals surface area contributed by atoms with Crippen LogP contribution in [0.15, 0.2) is 94.6 Å². The lowest BCUT2D eigenvalue weighted by Crippen LogP contribution is -2.31. The van der Waals surface area contributed by atoms with Crippen molar-refractivity contribution in [2.24, 2.45) is 0 Å². The Hall–Kier alpha value is -3.78. The summed E-state index contributed by atoms with van der Waals surface area (Å²) in [5.74, 6) is -0.558. The molecule has 7 nitrogen and oxygen atoms in total. The van der Waals surface area contributed by atoms with Gasteiger partial charge in [0.1, 0.15) is 0 Å². The molecular formula is C24H21N3O4S. The molecule has 4 rings (SSSR count). The Kier molecular flexibility index (Phi) is 6.13. The van der Waals surface area contributed by atoms with Crippen LogP contribution in [0.1, 0.15) is 16.9 Å². The molecule has 0 fully saturated rings. The molecule has 1 amide bonds. The Bertz CT molecular complexity index is 1420. The van der Waals surface area contributed by atoms with Crippen LogP contribution >= 0.6 is 0 Å². The largest absolute Gasteiger partial charge is 0.351 e. The van der Waals surface area contributed by atoms with E-state index in [1.54, 1.807) is 78.9 Å². The van der Waals surface area contributed by atoms with E-state index in [1.165, 1.54) is 4.68 Å². The Morgan fingerprint density at radius 2 is 1.44 bits per heavy atom. The molecule has 0 unspecified atom stereocenters. The summed E-state index contributed by atoms with van der Waals surface area (Å²) in [6.07, 6.45) is 0.249. The Balaban J connectivity index is 1.55. The average Bonchev–Trinajstić information content (AvgIpc) is 2.83. The summed E-state index contributed by atoms with van der Waals surface area (Å²) in [5, 5.41) is 7.87. The molecule has 0 aliphatic heterocycles. The third-order valence-corrected chi connectivity index (χ3v) is 6.82. The van der Waals surface area contributed by atoms with Crippen LogP contribution in [0.4, 0.5) is 0 Å². The maximum absolute atomic E-state index is 12.9. The summed E-state index contributed by atoms with van der Waals surface area (Å²) in [6, 6.07) is 23.9. The summed E-state index contributed by atoms with van der Waals surface area (Å²) >= 11 is 0. The molecule has 3 aromatic carbocycles. The Labute approximate surface area is 185 Å². The first-order chi connectivity index (χ1) is 15.5. The fourth-order valence-electron chi connectivity index (χ4n) is 3.39. The first-order valence-electron chi connectivity index (χ1n) is 10.1. The van der Waals surface area contributed by atoms with Crippen LogP contribution in [0, 0.1) is 0 Å². The van der Waals surface area contributed by atoms with Crippen LogP contribution in [0.25, 0.3) is 16.5 Å². The number of carbonyl (C=O) groups excluding carboxylic acids is 1. The van der Waals surface area contributed by atoms with Gasteiger partial charge in [-0.15, -0.1) is 0 Å². The van der Waals surface area contributed by atoms with Gasteiger partial charge in [-0.3, -0.25) is 9.59 Å². The van der Waals surface area contributed by atoms with Crippen LogP contribution < -0.4 is 10.9 Å². The third kappa shape index (κ3) is 4.45. The molecule has 1 heterocycles. The number of hydrogen-bond donors (Lipinski definition) is 1. The number of fused-ring (bicyclic) bond motifs is 1. The van der Waals surface area contributed by atoms with Crippen LogP contribution in [0.5, 0.6) is 0 Å². The molecule has 0 spiro atoms. The standard InChI is InChI=1S/C24H21N3O4S/c28-23(25-16-9-17-32(30,31)19-12-5-2-6-13-19)22-20-14-7-8-15-21(20)24(29)27(26-22)18-10-3-1-4-11-18/h1-8,10-15H,9,16-17H2,(H,25,28). The predicted octanol–water partition coefficient (Wildman–Crippen LogP) is 2.98. The van der Waals surface area contributed by atoms with Gasteiger partial charge < -0.3 is 5.32 Å². The summed E-state index contributed by atoms with van der Waals surface area (Å²) in [6.45, 7) is 0.158. The first kappa shape index (κ1) is 21.5. The first-order valence-corrected chi connectivity index (χ1v) is 11.8. The van der Waals surface area contributed by atoms with Gasteiger partial charge in [0.2, 0.25) is 0 Å². The molecule has 0 atom stereocenters. The molecule has 1 N–H and O–H groups in total. The van der Waals surface area contributed by atoms with Crippen LogP contribution in [-0.4, -0.2) is 36.4 Å². The van der Waals surface area contributed by atoms with E-state index < -0.39 is 15.7 Å². The van der Waals surface area contributed by atoms with E-state index in [2.05, 4.69) is 10.4 Å². The van der Waals surface area contributed by atoms with Gasteiger partial charge in [-0.25, -0.2) is 8.42 Å². The minimum Gasteiger partial charge on any atom is -0.351 e. The van der Waals surface area contributed by atoms with E-state index >= 15 is 0 Å². The third-order valence-electron chi connectivity index (χ3n) is 5.00. The summed E-state index contributed by atoms with van der Waals surface area (Å²) in [7, 11) is -3.42. The van der Waals surface area contributed by atoms with Crippen molar-refractivity contribution in [3.63, 3.8) is 0 Å². The molecular weight excluding hydrogens is 426 g/mol. The SMILES string of the molecule is O=C(NCCCS(=O)(=O)c1ccccc1)c1nn(-c2ccccc2)c(=O)c2ccccc12. The van der Waals surface area contributed by atoms with Gasteiger partial charge >= 0.3 is 0 Å². The molecule has 0 aliphatic carbocycles. The Morgan fingerprint density at radius 3 is 2.12 bits per heavy atom. The van der Waals surface area contributed by atoms with Gasteiger partial charge in [0, 0.05) is 11.9 Å². The van der Waals surface area contributed by atoms with Crippen molar-refractivity contribution in [3.8, 4) is 5.69 Å². The molecule has 0 saturated heterocycles. The number of benzene rings is 3. The summed E-state index contributed by atoms with van der Waals surface area (Å²) in [4.78, 5) is 26.1. The average molecular weight is 448 g/mol. The molecule has 8 heteroatoms. The molecule has 0 bridgehead atoms. The van der Waals surface area contributed by atoms with Gasteiger partial charge in [-0.05, 0) is 36.8 Å². The van der Waals surface area contributed by atoms with Crippen molar-refractivity contribution in [2.45, 2.75) is 11.3 Å². The summed E-state index contributed by atoms with van der Waals surface area (Å²) < 4.78 is 26.0. The fourth-order valence-corrected chi connectivity index (χ4v) is 4.73. The topological polar surface area (TPSA) is 98.1 Å². The number of hydrogen-bond acceptors (Lipinski definition) is 5. The van der Waals surface area contributed by atoms with E-state index in [9.17, 15) is 18.0 Å². The zero-order valence-electron chi connectivity index (χ0n) is 17.1. The minimum atomic E-state index is -3.42. The highest BCUT2D eigenvalue weighted by Gasteiger charge is 2.18. The van der Waals surface area contributed by atoms with Gasteiger partial charge in [-0.1, -0.05) is 54.6 Å². The van der Waals surface area contributed by atoms with Crippen molar-refractivity contribution in [1.29, 1.82) is 0 Å². The highest BCUT2D eigenvalue weighted by atomic mass is 32.2. The second-order valence-electron chi connectivity index (χ2n) is 7.19. The van der Waals surface area contributed by atoms with E-state index in [4.69, 9.17) is 0 Å². The zero-order valence-corrected chi connectivity index (χ0v) is 18.0. The molecule has 0 aliphatic rings. The van der Waals surface area contributed by atoms with Crippen molar-refractivity contribution < 1.29 is 13.2 Å². The lowest BCUT2D eigenvalue weighted by Gasteiger charge is -2.11. The number of rotatable bonds is 7. The van der Waals surface area contributed by atoms with E-state index in [0.29, 0.717) is 16.5 Å². The molecule has 4 aromatic rings. The molecule has 32 heavy (non-hydrogen) atoms. The fraction of sp³-hybridized carbons (Fsp3) is 0.125. The normalized spacial score (nSPS) is 11.4. The summed E-state index contributed by atoms with van der Waals surface area (Å²) in [5.41, 5.74) is 0.332. The van der Waals surface area contributed by atoms with Crippen LogP contribution in [-0.2, 0) is 9.84 Å².